The van der Waals surface area contributed by atoms with Crippen LogP contribution >= 0.6 is 0 Å². The second kappa shape index (κ2) is 10.3. The van der Waals surface area contributed by atoms with Crippen molar-refractivity contribution in [1.29, 1.82) is 0 Å². The molecule has 0 saturated heterocycles. The molecule has 2 heterocycles. The Balaban J connectivity index is 1.79. The molecule has 0 fully saturated rings. The molecule has 0 aliphatic carbocycles. The van der Waals surface area contributed by atoms with Crippen molar-refractivity contribution in [3.63, 3.8) is 0 Å². The maximum atomic E-state index is 12.7. The van der Waals surface area contributed by atoms with Gasteiger partial charge >= 0.3 is 6.18 Å². The number of hydrogen-bond acceptors (Lipinski definition) is 8. The summed E-state index contributed by atoms with van der Waals surface area (Å²) in [6.07, 6.45) is 2.04. The first-order valence-corrected chi connectivity index (χ1v) is 8.82. The summed E-state index contributed by atoms with van der Waals surface area (Å²) < 4.78 is 39.6. The number of halogens is 3. The van der Waals surface area contributed by atoms with E-state index >= 15 is 0 Å². The van der Waals surface area contributed by atoms with Gasteiger partial charge in [-0.3, -0.25) is 19.3 Å². The summed E-state index contributed by atoms with van der Waals surface area (Å²) in [7, 11) is 0. The van der Waals surface area contributed by atoms with Crippen LogP contribution in [-0.4, -0.2) is 43.7 Å². The van der Waals surface area contributed by atoms with E-state index in [1.54, 1.807) is 0 Å². The van der Waals surface area contributed by atoms with E-state index in [0.29, 0.717) is 38.4 Å². The lowest BCUT2D eigenvalue weighted by atomic mass is 10.2. The Labute approximate surface area is 169 Å². The minimum Gasteiger partial charge on any atom is -0.395 e. The topological polar surface area (TPSA) is 145 Å². The first-order chi connectivity index (χ1) is 14.2. The van der Waals surface area contributed by atoms with Gasteiger partial charge in [0.25, 0.3) is 5.91 Å². The number of unbranched alkanes of at least 4 members (excludes halogenated alkanes) is 1. The first-order valence-electron chi connectivity index (χ1n) is 8.82. The van der Waals surface area contributed by atoms with Crippen molar-refractivity contribution in [2.24, 2.45) is 11.6 Å². The molecule has 1 amide bonds. The lowest BCUT2D eigenvalue weighted by Gasteiger charge is -2.13. The van der Waals surface area contributed by atoms with Crippen molar-refractivity contribution in [1.82, 2.24) is 30.3 Å². The number of carbonyl (C=O) groups is 2. The molecule has 0 saturated carbocycles. The van der Waals surface area contributed by atoms with E-state index in [2.05, 4.69) is 20.6 Å². The maximum Gasteiger partial charge on any atom is 0.417 e. The smallest absolute Gasteiger partial charge is 0.395 e. The van der Waals surface area contributed by atoms with Crippen LogP contribution in [0, 0.1) is 0 Å². The molecule has 0 spiro atoms. The lowest BCUT2D eigenvalue weighted by Crippen LogP contribution is -2.28. The van der Waals surface area contributed by atoms with Gasteiger partial charge in [-0.25, -0.2) is 5.84 Å². The van der Waals surface area contributed by atoms with E-state index in [4.69, 9.17) is 11.6 Å². The number of amides is 1. The predicted octanol–water partition coefficient (Wildman–Crippen LogP) is 0.577. The molecular weight excluding hydrogens is 405 g/mol. The van der Waals surface area contributed by atoms with Crippen LogP contribution in [0.1, 0.15) is 34.5 Å². The summed E-state index contributed by atoms with van der Waals surface area (Å²) in [5.74, 6) is 5.08. The summed E-state index contributed by atoms with van der Waals surface area (Å²) in [6, 6.07) is 0.919. The Hall–Kier alpha value is -3.48. The Morgan fingerprint density at radius 1 is 1.30 bits per heavy atom. The van der Waals surface area contributed by atoms with E-state index in [1.807, 2.05) is 0 Å². The summed E-state index contributed by atoms with van der Waals surface area (Å²) in [5, 5.41) is 11.4. The van der Waals surface area contributed by atoms with E-state index in [1.165, 1.54) is 28.3 Å². The second-order valence-corrected chi connectivity index (χ2v) is 6.32. The average Bonchev–Trinajstić information content (AvgIpc) is 3.18. The minimum atomic E-state index is -4.51. The minimum absolute atomic E-state index is 0.0188. The van der Waals surface area contributed by atoms with Crippen LogP contribution in [0.3, 0.4) is 0 Å². The largest absolute Gasteiger partial charge is 0.417 e. The summed E-state index contributed by atoms with van der Waals surface area (Å²) in [6.45, 7) is 0.798. The molecule has 30 heavy (non-hydrogen) atoms. The number of pyridine rings is 1. The number of nitrogens with zero attached hydrogens (tertiary/aromatic N) is 5. The predicted molar refractivity (Wildman–Crippen MR) is 98.9 cm³/mol. The summed E-state index contributed by atoms with van der Waals surface area (Å²) in [4.78, 5) is 26.1. The second-order valence-electron chi connectivity index (χ2n) is 6.32. The first kappa shape index (κ1) is 22.8. The van der Waals surface area contributed by atoms with Crippen molar-refractivity contribution in [3.8, 4) is 0 Å². The van der Waals surface area contributed by atoms with Gasteiger partial charge in [0.1, 0.15) is 0 Å². The number of aromatic nitrogens is 4. The molecule has 0 atom stereocenters. The van der Waals surface area contributed by atoms with Gasteiger partial charge in [0.15, 0.2) is 12.0 Å². The molecule has 0 aromatic carbocycles. The van der Waals surface area contributed by atoms with Crippen LogP contribution in [0.15, 0.2) is 36.6 Å². The Morgan fingerprint density at radius 3 is 2.77 bits per heavy atom. The van der Waals surface area contributed by atoms with Gasteiger partial charge in [-0.1, -0.05) is 5.21 Å². The van der Waals surface area contributed by atoms with Gasteiger partial charge in [-0.05, 0) is 24.5 Å². The highest BCUT2D eigenvalue weighted by atomic mass is 19.4. The third-order valence-electron chi connectivity index (χ3n) is 3.85. The fraction of sp³-hybridized carbons (Fsp3) is 0.353. The lowest BCUT2D eigenvalue weighted by molar-refractivity contribution is -0.137. The maximum absolute atomic E-state index is 12.7. The van der Waals surface area contributed by atoms with Crippen molar-refractivity contribution < 1.29 is 22.8 Å². The molecule has 162 valence electrons. The van der Waals surface area contributed by atoms with Crippen molar-refractivity contribution in [2.45, 2.75) is 32.1 Å². The van der Waals surface area contributed by atoms with E-state index < -0.39 is 17.6 Å². The van der Waals surface area contributed by atoms with E-state index in [9.17, 15) is 22.8 Å². The summed E-state index contributed by atoms with van der Waals surface area (Å²) >= 11 is 0. The third kappa shape index (κ3) is 7.16. The molecule has 0 unspecified atom stereocenters. The molecule has 2 aromatic heterocycles. The van der Waals surface area contributed by atoms with Gasteiger partial charge in [0.05, 0.1) is 17.5 Å². The molecule has 2 rings (SSSR count). The highest BCUT2D eigenvalue weighted by Crippen LogP contribution is 2.28. The van der Waals surface area contributed by atoms with Crippen LogP contribution in [0.5, 0.6) is 0 Å². The van der Waals surface area contributed by atoms with Gasteiger partial charge in [0.2, 0.25) is 0 Å². The molecule has 13 heteroatoms. The SMILES string of the molecule is N/C(C=O)=C\N(N)CCCCn1cc(C(=O)NCc2cncc(C(F)(F)F)c2)nn1. The zero-order valence-corrected chi connectivity index (χ0v) is 15.8. The molecular formula is C17H21F3N8O2. The van der Waals surface area contributed by atoms with Crippen LogP contribution in [0.2, 0.25) is 0 Å². The molecule has 0 radical (unpaired) electrons. The molecule has 2 aromatic rings. The highest BCUT2D eigenvalue weighted by molar-refractivity contribution is 5.91. The average molecular weight is 426 g/mol. The van der Waals surface area contributed by atoms with E-state index in [0.717, 1.165) is 6.07 Å². The number of nitrogens with one attached hydrogen (secondary N) is 1. The zero-order chi connectivity index (χ0) is 22.1. The van der Waals surface area contributed by atoms with E-state index in [-0.39, 0.29) is 23.5 Å². The highest BCUT2D eigenvalue weighted by Gasteiger charge is 2.31. The number of hydrogen-bond donors (Lipinski definition) is 3. The monoisotopic (exact) mass is 426 g/mol. The molecule has 0 aliphatic heterocycles. The van der Waals surface area contributed by atoms with Crippen LogP contribution in [0.25, 0.3) is 0 Å². The van der Waals surface area contributed by atoms with Gasteiger partial charge in [0, 0.05) is 38.2 Å². The Morgan fingerprint density at radius 2 is 2.07 bits per heavy atom. The zero-order valence-electron chi connectivity index (χ0n) is 15.8. The standard InChI is InChI=1S/C17H21F3N8O2/c18-17(19,20)13-5-12(6-23-8-13)7-24-16(30)15-10-28(26-25-15)4-2-1-3-27(22)9-14(21)11-29/h5-6,8-11H,1-4,7,21-22H2,(H,24,30)/b14-9-. The number of nitrogens with two attached hydrogens (primary N) is 2. The molecule has 10 nitrogen and oxygen atoms in total. The van der Waals surface area contributed by atoms with Crippen LogP contribution in [0.4, 0.5) is 13.2 Å². The number of alkyl halides is 3. The van der Waals surface area contributed by atoms with Crippen molar-refractivity contribution in [3.05, 3.63) is 53.4 Å². The number of allylic oxidation sites excluding steroid dienone is 1. The normalized spacial score (nSPS) is 11.9. The fourth-order valence-electron chi connectivity index (χ4n) is 2.38. The molecule has 0 aliphatic rings. The summed E-state index contributed by atoms with van der Waals surface area (Å²) in [5.41, 5.74) is 4.72. The number of rotatable bonds is 10. The van der Waals surface area contributed by atoms with Gasteiger partial charge in [-0.15, -0.1) is 5.10 Å². The number of carbonyl (C=O) groups excluding carboxylic acids is 2. The fourth-order valence-corrected chi connectivity index (χ4v) is 2.38. The van der Waals surface area contributed by atoms with Crippen molar-refractivity contribution in [2.75, 3.05) is 6.54 Å². The Bertz CT molecular complexity index is 897. The Kier molecular flexibility index (Phi) is 7.86. The van der Waals surface area contributed by atoms with Gasteiger partial charge in [-0.2, -0.15) is 13.2 Å². The molecule has 0 bridgehead atoms. The number of aryl methyl sites for hydroxylation is 1. The third-order valence-corrected chi connectivity index (χ3v) is 3.85. The number of hydrazine groups is 1. The van der Waals surface area contributed by atoms with Gasteiger partial charge < -0.3 is 16.1 Å². The molecule has 5 N–H and O–H groups in total. The van der Waals surface area contributed by atoms with Crippen molar-refractivity contribution >= 4 is 12.2 Å². The number of aldehydes is 1. The van der Waals surface area contributed by atoms with Crippen LogP contribution < -0.4 is 16.9 Å². The quantitative estimate of drug-likeness (QED) is 0.164. The van der Waals surface area contributed by atoms with Crippen LogP contribution in [-0.2, 0) is 24.1 Å².